The average molecular weight is 524 g/mol. The van der Waals surface area contributed by atoms with E-state index in [9.17, 15) is 34.8 Å². The maximum atomic E-state index is 13.7. The first-order chi connectivity index (χ1) is 16.3. The van der Waals surface area contributed by atoms with Gasteiger partial charge >= 0.3 is 21.7 Å². The molecule has 3 fully saturated rings. The largest absolute Gasteiger partial charge is 0.511 e. The number of halogens is 6. The predicted molar refractivity (Wildman–Crippen MR) is 112 cm³/mol. The van der Waals surface area contributed by atoms with Gasteiger partial charge in [-0.05, 0) is 42.7 Å². The summed E-state index contributed by atoms with van der Waals surface area (Å²) in [5, 5.41) is 0. The normalized spacial score (nSPS) is 27.0. The fourth-order valence-electron chi connectivity index (χ4n) is 5.75. The molecule has 2 bridgehead atoms. The van der Waals surface area contributed by atoms with Crippen molar-refractivity contribution in [2.75, 3.05) is 18.6 Å². The monoisotopic (exact) mass is 524 g/mol. The van der Waals surface area contributed by atoms with Crippen LogP contribution in [0.1, 0.15) is 36.1 Å². The number of fused-ring (bicyclic) bond motifs is 1. The molecule has 0 amide bonds. The molecule has 2 heterocycles. The van der Waals surface area contributed by atoms with Gasteiger partial charge in [0, 0.05) is 36.6 Å². The highest BCUT2D eigenvalue weighted by molar-refractivity contribution is 7.89. The molecule has 0 saturated heterocycles. The highest BCUT2D eigenvalue weighted by Crippen LogP contribution is 2.68. The van der Waals surface area contributed by atoms with Crippen molar-refractivity contribution in [3.8, 4) is 5.75 Å². The summed E-state index contributed by atoms with van der Waals surface area (Å²) in [6, 6.07) is 1.33. The number of alkyl halides is 6. The van der Waals surface area contributed by atoms with Crippen molar-refractivity contribution in [2.45, 2.75) is 50.1 Å². The molecule has 1 aliphatic heterocycles. The number of hydrogen-bond acceptors (Lipinski definition) is 5. The first kappa shape index (κ1) is 24.2. The summed E-state index contributed by atoms with van der Waals surface area (Å²) < 4.78 is 113. The van der Waals surface area contributed by atoms with Gasteiger partial charge in [0.15, 0.2) is 0 Å². The van der Waals surface area contributed by atoms with E-state index in [1.54, 1.807) is 4.90 Å². The van der Waals surface area contributed by atoms with E-state index < -0.39 is 57.6 Å². The van der Waals surface area contributed by atoms with Crippen LogP contribution in [0, 0.1) is 11.3 Å². The third-order valence-corrected chi connectivity index (χ3v) is 9.01. The van der Waals surface area contributed by atoms with E-state index >= 15 is 0 Å². The van der Waals surface area contributed by atoms with Crippen LogP contribution in [0.3, 0.4) is 0 Å². The Morgan fingerprint density at radius 1 is 1.17 bits per heavy atom. The van der Waals surface area contributed by atoms with Gasteiger partial charge in [-0.3, -0.25) is 0 Å². The Hall–Kier alpha value is -2.48. The number of aromatic nitrogens is 2. The Morgan fingerprint density at radius 2 is 1.86 bits per heavy atom. The van der Waals surface area contributed by atoms with Gasteiger partial charge in [0.2, 0.25) is 0 Å². The van der Waals surface area contributed by atoms with Crippen LogP contribution in [-0.2, 0) is 29.3 Å². The van der Waals surface area contributed by atoms with Gasteiger partial charge in [-0.2, -0.15) is 30.6 Å². The van der Waals surface area contributed by atoms with Crippen molar-refractivity contribution in [1.29, 1.82) is 0 Å². The molecule has 1 aromatic carbocycles. The number of sulfonamides is 1. The van der Waals surface area contributed by atoms with E-state index in [4.69, 9.17) is 4.74 Å². The highest BCUT2D eigenvalue weighted by Gasteiger charge is 2.64. The molecule has 1 N–H and O–H groups in total. The minimum absolute atomic E-state index is 0.0957. The van der Waals surface area contributed by atoms with Gasteiger partial charge < -0.3 is 14.6 Å². The Kier molecular flexibility index (Phi) is 5.37. The lowest BCUT2D eigenvalue weighted by Gasteiger charge is -2.67. The van der Waals surface area contributed by atoms with Gasteiger partial charge in [-0.1, -0.05) is 0 Å². The van der Waals surface area contributed by atoms with E-state index in [0.717, 1.165) is 32.4 Å². The number of rotatable bonds is 5. The van der Waals surface area contributed by atoms with Crippen LogP contribution in [-0.4, -0.2) is 47.9 Å². The van der Waals surface area contributed by atoms with Crippen molar-refractivity contribution in [3.63, 3.8) is 0 Å². The topological polar surface area (TPSA) is 78.5 Å². The Labute approximate surface area is 197 Å². The van der Waals surface area contributed by atoms with Gasteiger partial charge in [-0.25, -0.2) is 13.4 Å². The van der Waals surface area contributed by atoms with E-state index in [1.165, 1.54) is 18.6 Å². The lowest BCUT2D eigenvalue weighted by Crippen LogP contribution is -2.66. The van der Waals surface area contributed by atoms with E-state index in [1.807, 2.05) is 0 Å². The molecule has 1 aromatic heterocycles. The summed E-state index contributed by atoms with van der Waals surface area (Å²) in [4.78, 5) is 8.58. The second kappa shape index (κ2) is 7.76. The van der Waals surface area contributed by atoms with E-state index in [0.29, 0.717) is 11.6 Å². The van der Waals surface area contributed by atoms with Crippen LogP contribution < -0.4 is 9.64 Å². The maximum absolute atomic E-state index is 13.7. The van der Waals surface area contributed by atoms with Crippen LogP contribution in [0.5, 0.6) is 5.75 Å². The van der Waals surface area contributed by atoms with E-state index in [-0.39, 0.29) is 22.1 Å². The van der Waals surface area contributed by atoms with Crippen molar-refractivity contribution >= 4 is 15.7 Å². The zero-order valence-electron chi connectivity index (χ0n) is 18.4. The van der Waals surface area contributed by atoms with Gasteiger partial charge in [0.25, 0.3) is 0 Å². The summed E-state index contributed by atoms with van der Waals surface area (Å²) >= 11 is 0. The number of hydrogen-bond donors (Lipinski definition) is 1. The maximum Gasteiger partial charge on any atom is 0.511 e. The molecule has 0 unspecified atom stereocenters. The SMILES string of the molecule is COc1c(C(F)(F)F)ccc2c1CN(S(=O)(=O)C(F)(F)F)C[C@H](C13CC(C1)C3)N2Cc1cnc[nH]1. The summed E-state index contributed by atoms with van der Waals surface area (Å²) in [5.74, 6) is -0.258. The minimum atomic E-state index is -5.83. The second-order valence-electron chi connectivity index (χ2n) is 9.45. The first-order valence-corrected chi connectivity index (χ1v) is 12.3. The predicted octanol–water partition coefficient (Wildman–Crippen LogP) is 4.28. The van der Waals surface area contributed by atoms with Crippen molar-refractivity contribution in [2.24, 2.45) is 11.3 Å². The Bertz CT molecular complexity index is 1210. The molecule has 3 aliphatic carbocycles. The second-order valence-corrected chi connectivity index (χ2v) is 11.4. The summed E-state index contributed by atoms with van der Waals surface area (Å²) in [6.45, 7) is -1.32. The quantitative estimate of drug-likeness (QED) is 0.591. The van der Waals surface area contributed by atoms with Crippen LogP contribution >= 0.6 is 0 Å². The molecule has 35 heavy (non-hydrogen) atoms. The third kappa shape index (κ3) is 3.76. The molecule has 0 spiro atoms. The standard InChI is InChI=1S/C21H22F6N4O3S/c1-34-18-14-9-30(35(32,33)21(25,26)27)10-17(19-4-12(5-19)6-19)31(8-13-7-28-11-29-13)16(14)3-2-15(18)20(22,23)24/h2-3,7,11-12,17H,4-6,8-10H2,1H3,(H,28,29)/t12?,17-,19?/m1/s1. The molecule has 2 aromatic rings. The fourth-order valence-corrected chi connectivity index (χ4v) is 6.68. The lowest BCUT2D eigenvalue weighted by atomic mass is 9.41. The van der Waals surface area contributed by atoms with E-state index in [2.05, 4.69) is 9.97 Å². The number of anilines is 1. The number of nitrogens with one attached hydrogen (secondary N) is 1. The zero-order chi connectivity index (χ0) is 25.4. The number of aromatic amines is 1. The Morgan fingerprint density at radius 3 is 2.34 bits per heavy atom. The van der Waals surface area contributed by atoms with Gasteiger partial charge in [0.05, 0.1) is 31.2 Å². The number of ether oxygens (including phenoxy) is 1. The molecule has 6 rings (SSSR count). The Balaban J connectivity index is 1.72. The number of imidazole rings is 1. The summed E-state index contributed by atoms with van der Waals surface area (Å²) in [7, 11) is -4.85. The van der Waals surface area contributed by atoms with Crippen molar-refractivity contribution < 1.29 is 39.5 Å². The number of methoxy groups -OCH3 is 1. The molecule has 14 heteroatoms. The van der Waals surface area contributed by atoms with Crippen molar-refractivity contribution in [1.82, 2.24) is 14.3 Å². The molecule has 0 radical (unpaired) electrons. The summed E-state index contributed by atoms with van der Waals surface area (Å²) in [5.41, 5.74) is -6.68. The van der Waals surface area contributed by atoms with Crippen LogP contribution in [0.2, 0.25) is 0 Å². The van der Waals surface area contributed by atoms with Crippen LogP contribution in [0.4, 0.5) is 32.0 Å². The zero-order valence-corrected chi connectivity index (χ0v) is 19.3. The first-order valence-electron chi connectivity index (χ1n) is 10.8. The number of nitrogens with zero attached hydrogens (tertiary/aromatic N) is 3. The molecular weight excluding hydrogens is 502 g/mol. The third-order valence-electron chi connectivity index (χ3n) is 7.46. The van der Waals surface area contributed by atoms with Gasteiger partial charge in [0.1, 0.15) is 5.75 Å². The van der Waals surface area contributed by atoms with Crippen LogP contribution in [0.15, 0.2) is 24.7 Å². The lowest BCUT2D eigenvalue weighted by molar-refractivity contribution is -0.138. The average Bonchev–Trinajstić information content (AvgIpc) is 3.14. The number of H-pyrrole nitrogens is 1. The number of benzene rings is 1. The molecule has 4 aliphatic rings. The van der Waals surface area contributed by atoms with Gasteiger partial charge in [-0.15, -0.1) is 0 Å². The molecule has 192 valence electrons. The highest BCUT2D eigenvalue weighted by atomic mass is 32.2. The van der Waals surface area contributed by atoms with Crippen molar-refractivity contribution in [3.05, 3.63) is 41.5 Å². The molecule has 7 nitrogen and oxygen atoms in total. The smallest absolute Gasteiger partial charge is 0.496 e. The minimum Gasteiger partial charge on any atom is -0.496 e. The van der Waals surface area contributed by atoms with Crippen LogP contribution in [0.25, 0.3) is 0 Å². The summed E-state index contributed by atoms with van der Waals surface area (Å²) in [6.07, 6.45) is 0.243. The molecule has 1 atom stereocenters. The molecule has 3 saturated carbocycles. The molecular formula is C21H22F6N4O3S. The fraction of sp³-hybridized carbons (Fsp3) is 0.571.